The lowest BCUT2D eigenvalue weighted by molar-refractivity contribution is 0.0941. The summed E-state index contributed by atoms with van der Waals surface area (Å²) in [5, 5.41) is 3.04. The molecule has 0 aliphatic heterocycles. The zero-order valence-electron chi connectivity index (χ0n) is 18.1. The third-order valence-electron chi connectivity index (χ3n) is 5.35. The van der Waals surface area contributed by atoms with Crippen molar-refractivity contribution in [2.45, 2.75) is 19.9 Å². The highest BCUT2D eigenvalue weighted by Gasteiger charge is 2.20. The van der Waals surface area contributed by atoms with E-state index in [1.54, 1.807) is 35.9 Å². The number of halogens is 1. The maximum atomic E-state index is 14.3. The van der Waals surface area contributed by atoms with Crippen LogP contribution in [-0.2, 0) is 0 Å². The zero-order valence-corrected chi connectivity index (χ0v) is 18.1. The summed E-state index contributed by atoms with van der Waals surface area (Å²) in [7, 11) is 5.59. The minimum Gasteiger partial charge on any atom is -0.497 e. The van der Waals surface area contributed by atoms with Crippen LogP contribution in [0.4, 0.5) is 4.39 Å². The molecular weight excluding hydrogens is 381 g/mol. The summed E-state index contributed by atoms with van der Waals surface area (Å²) in [5.41, 5.74) is 3.58. The molecule has 1 aromatic heterocycles. The summed E-state index contributed by atoms with van der Waals surface area (Å²) in [6, 6.07) is 16.2. The van der Waals surface area contributed by atoms with Gasteiger partial charge < -0.3 is 19.5 Å². The van der Waals surface area contributed by atoms with E-state index in [1.807, 2.05) is 52.2 Å². The molecule has 2 aromatic carbocycles. The van der Waals surface area contributed by atoms with Crippen molar-refractivity contribution in [3.05, 3.63) is 82.9 Å². The summed E-state index contributed by atoms with van der Waals surface area (Å²) >= 11 is 0. The van der Waals surface area contributed by atoms with Crippen LogP contribution in [0.1, 0.15) is 33.4 Å². The summed E-state index contributed by atoms with van der Waals surface area (Å²) in [6.45, 7) is 4.15. The van der Waals surface area contributed by atoms with Gasteiger partial charge in [0.05, 0.1) is 24.4 Å². The third-order valence-corrected chi connectivity index (χ3v) is 5.35. The molecule has 0 bridgehead atoms. The number of rotatable bonds is 7. The van der Waals surface area contributed by atoms with Crippen LogP contribution in [0.15, 0.2) is 54.6 Å². The van der Waals surface area contributed by atoms with Crippen LogP contribution in [0.3, 0.4) is 0 Å². The lowest BCUT2D eigenvalue weighted by Gasteiger charge is -2.25. The van der Waals surface area contributed by atoms with Gasteiger partial charge in [-0.2, -0.15) is 0 Å². The van der Waals surface area contributed by atoms with Crippen molar-refractivity contribution in [3.8, 4) is 11.4 Å². The van der Waals surface area contributed by atoms with E-state index >= 15 is 0 Å². The molecule has 1 unspecified atom stereocenters. The molecule has 3 rings (SSSR count). The van der Waals surface area contributed by atoms with Gasteiger partial charge in [-0.1, -0.05) is 24.3 Å². The summed E-state index contributed by atoms with van der Waals surface area (Å²) in [5.74, 6) is 0.297. The predicted molar refractivity (Wildman–Crippen MR) is 117 cm³/mol. The van der Waals surface area contributed by atoms with Crippen molar-refractivity contribution in [1.82, 2.24) is 14.8 Å². The smallest absolute Gasteiger partial charge is 0.253 e. The van der Waals surface area contributed by atoms with Gasteiger partial charge in [0.2, 0.25) is 0 Å². The predicted octanol–water partition coefficient (Wildman–Crippen LogP) is 4.27. The molecular formula is C24H28FN3O2. The SMILES string of the molecule is COc1ccc(C(CNC(=O)c2cc(C)n(-c3ccccc3F)c2C)N(C)C)cc1. The van der Waals surface area contributed by atoms with Crippen LogP contribution in [0, 0.1) is 19.7 Å². The van der Waals surface area contributed by atoms with Gasteiger partial charge in [-0.25, -0.2) is 4.39 Å². The Bertz CT molecular complexity index is 1030. The standard InChI is InChI=1S/C24H28FN3O2/c1-16-14-20(17(2)28(16)22-9-7-6-8-21(22)25)24(29)26-15-23(27(3)4)18-10-12-19(30-5)13-11-18/h6-14,23H,15H2,1-5H3,(H,26,29). The highest BCUT2D eigenvalue weighted by molar-refractivity contribution is 5.96. The molecule has 0 aliphatic carbocycles. The first kappa shape index (κ1) is 21.6. The van der Waals surface area contributed by atoms with Crippen LogP contribution < -0.4 is 10.1 Å². The van der Waals surface area contributed by atoms with Crippen molar-refractivity contribution in [3.63, 3.8) is 0 Å². The minimum atomic E-state index is -0.321. The molecule has 5 nitrogen and oxygen atoms in total. The fourth-order valence-electron chi connectivity index (χ4n) is 3.71. The quantitative estimate of drug-likeness (QED) is 0.634. The minimum absolute atomic E-state index is 0.00918. The second kappa shape index (κ2) is 9.13. The number of aryl methyl sites for hydroxylation is 1. The van der Waals surface area contributed by atoms with Crippen molar-refractivity contribution >= 4 is 5.91 Å². The second-order valence-corrected chi connectivity index (χ2v) is 7.53. The number of ether oxygens (including phenoxy) is 1. The number of methoxy groups -OCH3 is 1. The lowest BCUT2D eigenvalue weighted by Crippen LogP contribution is -2.34. The van der Waals surface area contributed by atoms with E-state index in [-0.39, 0.29) is 17.8 Å². The maximum Gasteiger partial charge on any atom is 0.253 e. The Balaban J connectivity index is 1.80. The monoisotopic (exact) mass is 409 g/mol. The van der Waals surface area contributed by atoms with Gasteiger partial charge in [0.1, 0.15) is 11.6 Å². The highest BCUT2D eigenvalue weighted by Crippen LogP contribution is 2.24. The first-order valence-electron chi connectivity index (χ1n) is 9.86. The average Bonchev–Trinajstić information content (AvgIpc) is 3.03. The largest absolute Gasteiger partial charge is 0.497 e. The van der Waals surface area contributed by atoms with E-state index in [2.05, 4.69) is 10.2 Å². The highest BCUT2D eigenvalue weighted by atomic mass is 19.1. The molecule has 3 aromatic rings. The number of carbonyl (C=O) groups excluding carboxylic acids is 1. The maximum absolute atomic E-state index is 14.3. The number of carbonyl (C=O) groups is 1. The number of aromatic nitrogens is 1. The van der Waals surface area contributed by atoms with Gasteiger partial charge >= 0.3 is 0 Å². The summed E-state index contributed by atoms with van der Waals surface area (Å²) in [4.78, 5) is 15.0. The van der Waals surface area contributed by atoms with E-state index in [0.717, 1.165) is 17.0 Å². The van der Waals surface area contributed by atoms with Crippen molar-refractivity contribution in [2.75, 3.05) is 27.7 Å². The molecule has 1 N–H and O–H groups in total. The van der Waals surface area contributed by atoms with Gasteiger partial charge in [0, 0.05) is 17.9 Å². The normalized spacial score (nSPS) is 12.1. The van der Waals surface area contributed by atoms with E-state index in [4.69, 9.17) is 4.74 Å². The van der Waals surface area contributed by atoms with Gasteiger partial charge in [0.15, 0.2) is 0 Å². The van der Waals surface area contributed by atoms with E-state index in [1.165, 1.54) is 6.07 Å². The van der Waals surface area contributed by atoms with E-state index in [0.29, 0.717) is 23.5 Å². The molecule has 1 amide bonds. The molecule has 30 heavy (non-hydrogen) atoms. The first-order valence-corrected chi connectivity index (χ1v) is 9.86. The molecule has 6 heteroatoms. The number of nitrogens with zero attached hydrogens (tertiary/aromatic N) is 2. The summed E-state index contributed by atoms with van der Waals surface area (Å²) < 4.78 is 21.3. The second-order valence-electron chi connectivity index (χ2n) is 7.53. The molecule has 1 heterocycles. The molecule has 0 saturated carbocycles. The number of hydrogen-bond donors (Lipinski definition) is 1. The average molecular weight is 410 g/mol. The Kier molecular flexibility index (Phi) is 6.57. The van der Waals surface area contributed by atoms with E-state index in [9.17, 15) is 9.18 Å². The van der Waals surface area contributed by atoms with E-state index < -0.39 is 0 Å². The van der Waals surface area contributed by atoms with Gasteiger partial charge in [-0.3, -0.25) is 4.79 Å². The van der Waals surface area contributed by atoms with Gasteiger partial charge in [-0.15, -0.1) is 0 Å². The van der Waals surface area contributed by atoms with Crippen LogP contribution in [0.2, 0.25) is 0 Å². The Labute approximate surface area is 177 Å². The number of benzene rings is 2. The zero-order chi connectivity index (χ0) is 21.8. The topological polar surface area (TPSA) is 46.5 Å². The van der Waals surface area contributed by atoms with Crippen LogP contribution >= 0.6 is 0 Å². The fraction of sp³-hybridized carbons (Fsp3) is 0.292. The number of amides is 1. The first-order chi connectivity index (χ1) is 14.3. The Morgan fingerprint density at radius 1 is 1.13 bits per heavy atom. The molecule has 0 aliphatic rings. The molecule has 0 saturated heterocycles. The molecule has 158 valence electrons. The molecule has 0 radical (unpaired) electrons. The molecule has 0 fully saturated rings. The molecule has 0 spiro atoms. The van der Waals surface area contributed by atoms with Crippen LogP contribution in [0.5, 0.6) is 5.75 Å². The molecule has 1 atom stereocenters. The number of hydrogen-bond acceptors (Lipinski definition) is 3. The van der Waals surface area contributed by atoms with Gasteiger partial charge in [-0.05, 0) is 63.8 Å². The third kappa shape index (κ3) is 4.39. The Morgan fingerprint density at radius 3 is 2.40 bits per heavy atom. The Hall–Kier alpha value is -3.12. The Morgan fingerprint density at radius 2 is 1.80 bits per heavy atom. The van der Waals surface area contributed by atoms with Crippen molar-refractivity contribution < 1.29 is 13.9 Å². The number of para-hydroxylation sites is 1. The van der Waals surface area contributed by atoms with Gasteiger partial charge in [0.25, 0.3) is 5.91 Å². The van der Waals surface area contributed by atoms with Crippen LogP contribution in [0.25, 0.3) is 5.69 Å². The fourth-order valence-corrected chi connectivity index (χ4v) is 3.71. The van der Waals surface area contributed by atoms with Crippen LogP contribution in [-0.4, -0.2) is 43.1 Å². The number of nitrogens with one attached hydrogen (secondary N) is 1. The summed E-state index contributed by atoms with van der Waals surface area (Å²) in [6.07, 6.45) is 0. The number of likely N-dealkylation sites (N-methyl/N-ethyl adjacent to an activating group) is 1. The lowest BCUT2D eigenvalue weighted by atomic mass is 10.1. The van der Waals surface area contributed by atoms with Crippen molar-refractivity contribution in [2.24, 2.45) is 0 Å². The van der Waals surface area contributed by atoms with Crippen molar-refractivity contribution in [1.29, 1.82) is 0 Å².